The minimum atomic E-state index is 0.809. The molecule has 0 aromatic heterocycles. The Balaban J connectivity index is 1.80. The van der Waals surface area contributed by atoms with Crippen LogP contribution in [-0.2, 0) is 6.54 Å². The average molecular weight is 238 g/mol. The molecule has 1 saturated carbocycles. The summed E-state index contributed by atoms with van der Waals surface area (Å²) < 4.78 is 0. The van der Waals surface area contributed by atoms with Crippen LogP contribution in [0.1, 0.15) is 30.9 Å². The van der Waals surface area contributed by atoms with Crippen LogP contribution in [0.4, 0.5) is 0 Å². The monoisotopic (exact) mass is 237 g/mol. The lowest BCUT2D eigenvalue weighted by atomic mass is 10.1. The molecule has 1 unspecified atom stereocenters. The number of rotatable bonds is 5. The van der Waals surface area contributed by atoms with E-state index in [2.05, 4.69) is 31.3 Å². The first-order chi connectivity index (χ1) is 7.66. The van der Waals surface area contributed by atoms with E-state index in [1.54, 1.807) is 0 Å². The molecule has 0 heterocycles. The Morgan fingerprint density at radius 1 is 1.44 bits per heavy atom. The summed E-state index contributed by atoms with van der Waals surface area (Å²) in [6, 6.07) is 6.27. The second kappa shape index (κ2) is 5.20. The molecule has 1 atom stereocenters. The molecule has 0 saturated heterocycles. The number of halogens is 1. The first-order valence-corrected chi connectivity index (χ1v) is 6.50. The van der Waals surface area contributed by atoms with Gasteiger partial charge in [-0.15, -0.1) is 0 Å². The average Bonchev–Trinajstić information content (AvgIpc) is 3.04. The molecule has 16 heavy (non-hydrogen) atoms. The summed E-state index contributed by atoms with van der Waals surface area (Å²) in [4.78, 5) is 0. The lowest BCUT2D eigenvalue weighted by molar-refractivity contribution is 0.461. The second-order valence-corrected chi connectivity index (χ2v) is 5.45. The van der Waals surface area contributed by atoms with Crippen molar-refractivity contribution in [2.24, 2.45) is 11.8 Å². The highest BCUT2D eigenvalue weighted by Gasteiger charge is 2.27. The molecule has 0 bridgehead atoms. The van der Waals surface area contributed by atoms with E-state index in [1.165, 1.54) is 24.0 Å². The van der Waals surface area contributed by atoms with Crippen molar-refractivity contribution in [3.05, 3.63) is 34.3 Å². The van der Waals surface area contributed by atoms with E-state index in [0.29, 0.717) is 0 Å². The van der Waals surface area contributed by atoms with E-state index in [-0.39, 0.29) is 0 Å². The van der Waals surface area contributed by atoms with Gasteiger partial charge >= 0.3 is 0 Å². The van der Waals surface area contributed by atoms with Gasteiger partial charge in [-0.05, 0) is 55.3 Å². The van der Waals surface area contributed by atoms with Crippen LogP contribution < -0.4 is 5.32 Å². The Morgan fingerprint density at radius 3 is 2.81 bits per heavy atom. The quantitative estimate of drug-likeness (QED) is 0.822. The minimum absolute atomic E-state index is 0.809. The molecule has 1 aliphatic carbocycles. The maximum absolute atomic E-state index is 6.18. The van der Waals surface area contributed by atoms with E-state index < -0.39 is 0 Å². The summed E-state index contributed by atoms with van der Waals surface area (Å²) in [5, 5.41) is 4.38. The van der Waals surface area contributed by atoms with Crippen LogP contribution in [0.15, 0.2) is 18.2 Å². The molecule has 88 valence electrons. The van der Waals surface area contributed by atoms with E-state index in [1.807, 2.05) is 6.07 Å². The fraction of sp³-hybridized carbons (Fsp3) is 0.571. The van der Waals surface area contributed by atoms with Gasteiger partial charge in [0, 0.05) is 11.6 Å². The van der Waals surface area contributed by atoms with Gasteiger partial charge in [0.15, 0.2) is 0 Å². The number of hydrogen-bond acceptors (Lipinski definition) is 1. The van der Waals surface area contributed by atoms with Gasteiger partial charge in [0.25, 0.3) is 0 Å². The Kier molecular flexibility index (Phi) is 3.88. The van der Waals surface area contributed by atoms with Crippen LogP contribution >= 0.6 is 11.6 Å². The Bertz CT molecular complexity index is 358. The molecule has 1 fully saturated rings. The van der Waals surface area contributed by atoms with E-state index >= 15 is 0 Å². The molecule has 0 amide bonds. The second-order valence-electron chi connectivity index (χ2n) is 5.04. The molecule has 2 heteroatoms. The third-order valence-electron chi connectivity index (χ3n) is 3.42. The van der Waals surface area contributed by atoms with E-state index in [0.717, 1.165) is 29.9 Å². The van der Waals surface area contributed by atoms with Gasteiger partial charge in [0.2, 0.25) is 0 Å². The van der Waals surface area contributed by atoms with Gasteiger partial charge in [-0.3, -0.25) is 0 Å². The van der Waals surface area contributed by atoms with Crippen LogP contribution in [0, 0.1) is 18.8 Å². The molecule has 1 aliphatic rings. The van der Waals surface area contributed by atoms with E-state index in [4.69, 9.17) is 11.6 Å². The zero-order valence-corrected chi connectivity index (χ0v) is 10.8. The van der Waals surface area contributed by atoms with Gasteiger partial charge in [-0.1, -0.05) is 30.7 Å². The predicted octanol–water partition coefficient (Wildman–Crippen LogP) is 3.78. The molecule has 0 radical (unpaired) electrons. The SMILES string of the molecule is Cc1ccc(CNCC(C)C2CC2)c(Cl)c1. The summed E-state index contributed by atoms with van der Waals surface area (Å²) in [6.07, 6.45) is 2.85. The standard InChI is InChI=1S/C14H20ClN/c1-10-3-4-13(14(15)7-10)9-16-8-11(2)12-5-6-12/h3-4,7,11-12,16H,5-6,8-9H2,1-2H3. The van der Waals surface area contributed by atoms with Gasteiger partial charge in [0.05, 0.1) is 0 Å². The molecule has 1 N–H and O–H groups in total. The molecule has 0 aliphatic heterocycles. The molecular formula is C14H20ClN. The van der Waals surface area contributed by atoms with Crippen LogP contribution in [0.25, 0.3) is 0 Å². The first kappa shape index (κ1) is 11.9. The third kappa shape index (κ3) is 3.23. The maximum atomic E-state index is 6.18. The number of benzene rings is 1. The highest BCUT2D eigenvalue weighted by molar-refractivity contribution is 6.31. The highest BCUT2D eigenvalue weighted by atomic mass is 35.5. The van der Waals surface area contributed by atoms with Crippen molar-refractivity contribution >= 4 is 11.6 Å². The fourth-order valence-corrected chi connectivity index (χ4v) is 2.36. The van der Waals surface area contributed by atoms with E-state index in [9.17, 15) is 0 Å². The van der Waals surface area contributed by atoms with Gasteiger partial charge in [0.1, 0.15) is 0 Å². The maximum Gasteiger partial charge on any atom is 0.0453 e. The van der Waals surface area contributed by atoms with Crippen molar-refractivity contribution in [1.29, 1.82) is 0 Å². The Hall–Kier alpha value is -0.530. The lowest BCUT2D eigenvalue weighted by Crippen LogP contribution is -2.21. The van der Waals surface area contributed by atoms with Gasteiger partial charge < -0.3 is 5.32 Å². The van der Waals surface area contributed by atoms with Crippen molar-refractivity contribution < 1.29 is 0 Å². The zero-order chi connectivity index (χ0) is 11.5. The van der Waals surface area contributed by atoms with Gasteiger partial charge in [-0.2, -0.15) is 0 Å². The Labute approximate surface area is 103 Å². The topological polar surface area (TPSA) is 12.0 Å². The summed E-state index contributed by atoms with van der Waals surface area (Å²) in [7, 11) is 0. The normalized spacial score (nSPS) is 17.4. The summed E-state index contributed by atoms with van der Waals surface area (Å²) in [5.74, 6) is 1.78. The largest absolute Gasteiger partial charge is 0.312 e. The van der Waals surface area contributed by atoms with Crippen LogP contribution in [-0.4, -0.2) is 6.54 Å². The summed E-state index contributed by atoms with van der Waals surface area (Å²) >= 11 is 6.18. The summed E-state index contributed by atoms with van der Waals surface area (Å²) in [5.41, 5.74) is 2.43. The summed E-state index contributed by atoms with van der Waals surface area (Å²) in [6.45, 7) is 6.39. The molecule has 1 nitrogen and oxygen atoms in total. The zero-order valence-electron chi connectivity index (χ0n) is 10.1. The molecular weight excluding hydrogens is 218 g/mol. The minimum Gasteiger partial charge on any atom is -0.312 e. The molecule has 2 rings (SSSR count). The Morgan fingerprint density at radius 2 is 2.19 bits per heavy atom. The van der Waals surface area contributed by atoms with Crippen LogP contribution in [0.5, 0.6) is 0 Å². The smallest absolute Gasteiger partial charge is 0.0453 e. The van der Waals surface area contributed by atoms with Crippen molar-refractivity contribution in [3.8, 4) is 0 Å². The molecule has 1 aromatic rings. The van der Waals surface area contributed by atoms with Crippen LogP contribution in [0.3, 0.4) is 0 Å². The first-order valence-electron chi connectivity index (χ1n) is 6.12. The third-order valence-corrected chi connectivity index (χ3v) is 3.77. The number of hydrogen-bond donors (Lipinski definition) is 1. The highest BCUT2D eigenvalue weighted by Crippen LogP contribution is 2.36. The van der Waals surface area contributed by atoms with Crippen molar-refractivity contribution in [1.82, 2.24) is 5.32 Å². The molecule has 0 spiro atoms. The van der Waals surface area contributed by atoms with Crippen molar-refractivity contribution in [2.75, 3.05) is 6.54 Å². The van der Waals surface area contributed by atoms with Crippen molar-refractivity contribution in [2.45, 2.75) is 33.2 Å². The number of nitrogens with one attached hydrogen (secondary N) is 1. The fourth-order valence-electron chi connectivity index (χ4n) is 2.06. The lowest BCUT2D eigenvalue weighted by Gasteiger charge is -2.12. The predicted molar refractivity (Wildman–Crippen MR) is 69.8 cm³/mol. The molecule has 1 aromatic carbocycles. The van der Waals surface area contributed by atoms with Crippen LogP contribution in [0.2, 0.25) is 5.02 Å². The number of aryl methyl sites for hydroxylation is 1. The van der Waals surface area contributed by atoms with Gasteiger partial charge in [-0.25, -0.2) is 0 Å². The van der Waals surface area contributed by atoms with Crippen molar-refractivity contribution in [3.63, 3.8) is 0 Å².